The van der Waals surface area contributed by atoms with E-state index in [4.69, 9.17) is 5.73 Å². The van der Waals surface area contributed by atoms with E-state index in [9.17, 15) is 13.2 Å². The van der Waals surface area contributed by atoms with Crippen LogP contribution in [0.5, 0.6) is 0 Å². The Labute approximate surface area is 160 Å². The number of H-pyrrole nitrogens is 1. The van der Waals surface area contributed by atoms with Crippen LogP contribution in [-0.4, -0.2) is 38.8 Å². The van der Waals surface area contributed by atoms with Crippen molar-refractivity contribution in [3.05, 3.63) is 36.0 Å². The van der Waals surface area contributed by atoms with Crippen molar-refractivity contribution in [3.8, 4) is 11.4 Å². The lowest BCUT2D eigenvalue weighted by Gasteiger charge is -2.27. The topological polar surface area (TPSA) is 83.7 Å². The van der Waals surface area contributed by atoms with Crippen molar-refractivity contribution in [3.63, 3.8) is 0 Å². The molecule has 3 N–H and O–H groups in total. The average molecular weight is 390 g/mol. The Hall–Kier alpha value is -2.68. The van der Waals surface area contributed by atoms with Gasteiger partial charge in [-0.25, -0.2) is 9.97 Å². The molecule has 1 saturated heterocycles. The minimum atomic E-state index is -4.54. The van der Waals surface area contributed by atoms with Crippen molar-refractivity contribution in [1.82, 2.24) is 20.2 Å². The summed E-state index contributed by atoms with van der Waals surface area (Å²) in [4.78, 5) is 10.5. The van der Waals surface area contributed by atoms with Crippen LogP contribution in [0.25, 0.3) is 22.4 Å². The van der Waals surface area contributed by atoms with Crippen LogP contribution in [0.1, 0.15) is 25.8 Å². The number of aromatic amines is 1. The predicted octanol–water partition coefficient (Wildman–Crippen LogP) is 3.60. The van der Waals surface area contributed by atoms with Crippen LogP contribution >= 0.6 is 0 Å². The summed E-state index contributed by atoms with van der Waals surface area (Å²) in [5, 5.41) is 7.26. The Morgan fingerprint density at radius 2 is 1.96 bits per heavy atom. The highest BCUT2D eigenvalue weighted by Gasteiger charge is 2.37. The zero-order valence-corrected chi connectivity index (χ0v) is 15.6. The summed E-state index contributed by atoms with van der Waals surface area (Å²) in [5.74, 6) is 0.741. The van der Waals surface area contributed by atoms with Crippen molar-refractivity contribution >= 4 is 16.9 Å². The van der Waals surface area contributed by atoms with Crippen LogP contribution < -0.4 is 10.6 Å². The van der Waals surface area contributed by atoms with E-state index in [1.165, 1.54) is 6.07 Å². The maximum absolute atomic E-state index is 13.6. The molecule has 0 aromatic carbocycles. The molecular formula is C19H21F3N6. The molecule has 28 heavy (non-hydrogen) atoms. The zero-order chi connectivity index (χ0) is 20.1. The summed E-state index contributed by atoms with van der Waals surface area (Å²) in [5.41, 5.74) is 5.42. The first-order valence-electron chi connectivity index (χ1n) is 9.06. The van der Waals surface area contributed by atoms with Crippen molar-refractivity contribution in [2.24, 2.45) is 11.7 Å². The number of nitrogens with two attached hydrogens (primary N) is 1. The molecule has 4 heterocycles. The maximum atomic E-state index is 13.6. The third-order valence-electron chi connectivity index (χ3n) is 5.31. The van der Waals surface area contributed by atoms with E-state index >= 15 is 0 Å². The smallest absolute Gasteiger partial charge is 0.356 e. The number of fused-ring (bicyclic) bond motifs is 1. The molecular weight excluding hydrogens is 369 g/mol. The van der Waals surface area contributed by atoms with Crippen molar-refractivity contribution in [2.75, 3.05) is 18.0 Å². The Morgan fingerprint density at radius 1 is 1.18 bits per heavy atom. The molecule has 0 radical (unpaired) electrons. The molecule has 3 aromatic heterocycles. The van der Waals surface area contributed by atoms with Gasteiger partial charge in [-0.15, -0.1) is 0 Å². The maximum Gasteiger partial charge on any atom is 0.418 e. The second-order valence-electron chi connectivity index (χ2n) is 7.79. The molecule has 1 aliphatic rings. The third kappa shape index (κ3) is 3.30. The summed E-state index contributed by atoms with van der Waals surface area (Å²) in [6.45, 7) is 5.29. The van der Waals surface area contributed by atoms with Crippen LogP contribution in [0.15, 0.2) is 30.5 Å². The van der Waals surface area contributed by atoms with Gasteiger partial charge in [-0.2, -0.15) is 18.3 Å². The van der Waals surface area contributed by atoms with E-state index in [1.807, 2.05) is 18.7 Å². The molecule has 1 unspecified atom stereocenters. The number of rotatable bonds is 3. The Balaban J connectivity index is 1.79. The monoisotopic (exact) mass is 390 g/mol. The average Bonchev–Trinajstić information content (AvgIpc) is 3.27. The fourth-order valence-corrected chi connectivity index (χ4v) is 3.64. The highest BCUT2D eigenvalue weighted by Crippen LogP contribution is 2.39. The van der Waals surface area contributed by atoms with E-state index in [2.05, 4.69) is 20.2 Å². The lowest BCUT2D eigenvalue weighted by atomic mass is 9.88. The highest BCUT2D eigenvalue weighted by atomic mass is 19.4. The molecule has 0 saturated carbocycles. The number of nitrogens with zero attached hydrogens (tertiary/aromatic N) is 4. The molecule has 0 aliphatic carbocycles. The summed E-state index contributed by atoms with van der Waals surface area (Å²) in [6, 6.07) is 5.84. The lowest BCUT2D eigenvalue weighted by molar-refractivity contribution is -0.137. The van der Waals surface area contributed by atoms with Gasteiger partial charge in [0.15, 0.2) is 5.65 Å². The molecule has 3 aromatic rings. The summed E-state index contributed by atoms with van der Waals surface area (Å²) in [6.07, 6.45) is -2.12. The molecule has 0 amide bonds. The Bertz CT molecular complexity index is 1000. The van der Waals surface area contributed by atoms with Gasteiger partial charge in [-0.1, -0.05) is 0 Å². The van der Waals surface area contributed by atoms with Crippen molar-refractivity contribution in [2.45, 2.75) is 32.0 Å². The van der Waals surface area contributed by atoms with Crippen LogP contribution in [0.2, 0.25) is 0 Å². The zero-order valence-electron chi connectivity index (χ0n) is 15.6. The van der Waals surface area contributed by atoms with E-state index in [-0.39, 0.29) is 22.8 Å². The quantitative estimate of drug-likeness (QED) is 0.714. The summed E-state index contributed by atoms with van der Waals surface area (Å²) < 4.78 is 40.9. The fourth-order valence-electron chi connectivity index (χ4n) is 3.64. The first kappa shape index (κ1) is 18.7. The first-order chi connectivity index (χ1) is 13.1. The van der Waals surface area contributed by atoms with Crippen LogP contribution in [0, 0.1) is 5.92 Å². The molecule has 6 nitrogen and oxygen atoms in total. The highest BCUT2D eigenvalue weighted by molar-refractivity contribution is 5.90. The second-order valence-corrected chi connectivity index (χ2v) is 7.79. The number of pyridine rings is 2. The van der Waals surface area contributed by atoms with E-state index < -0.39 is 11.7 Å². The Morgan fingerprint density at radius 3 is 2.64 bits per heavy atom. The summed E-state index contributed by atoms with van der Waals surface area (Å²) in [7, 11) is 0. The first-order valence-corrected chi connectivity index (χ1v) is 9.06. The molecule has 4 rings (SSSR count). The van der Waals surface area contributed by atoms with Gasteiger partial charge in [0, 0.05) is 30.2 Å². The van der Waals surface area contributed by atoms with Gasteiger partial charge >= 0.3 is 6.18 Å². The largest absolute Gasteiger partial charge is 0.418 e. The lowest BCUT2D eigenvalue weighted by Crippen LogP contribution is -2.42. The molecule has 0 bridgehead atoms. The van der Waals surface area contributed by atoms with Gasteiger partial charge < -0.3 is 10.6 Å². The number of hydrogen-bond donors (Lipinski definition) is 2. The molecule has 1 aliphatic heterocycles. The molecule has 1 atom stereocenters. The Kier molecular flexibility index (Phi) is 4.29. The number of aromatic nitrogens is 4. The van der Waals surface area contributed by atoms with Crippen LogP contribution in [-0.2, 0) is 6.18 Å². The normalized spacial score (nSPS) is 18.2. The van der Waals surface area contributed by atoms with Gasteiger partial charge in [0.05, 0.1) is 5.56 Å². The number of halogens is 3. The van der Waals surface area contributed by atoms with Gasteiger partial charge in [0.2, 0.25) is 0 Å². The minimum Gasteiger partial charge on any atom is -0.356 e. The molecule has 0 spiro atoms. The van der Waals surface area contributed by atoms with E-state index in [0.29, 0.717) is 29.9 Å². The van der Waals surface area contributed by atoms with Crippen LogP contribution in [0.3, 0.4) is 0 Å². The number of anilines is 1. The second kappa shape index (κ2) is 6.44. The van der Waals surface area contributed by atoms with Gasteiger partial charge in [0.25, 0.3) is 0 Å². The molecule has 9 heteroatoms. The molecule has 148 valence electrons. The fraction of sp³-hybridized carbons (Fsp3) is 0.421. The predicted molar refractivity (Wildman–Crippen MR) is 101 cm³/mol. The number of hydrogen-bond acceptors (Lipinski definition) is 5. The van der Waals surface area contributed by atoms with E-state index in [0.717, 1.165) is 12.5 Å². The number of nitrogens with one attached hydrogen (secondary N) is 1. The van der Waals surface area contributed by atoms with Gasteiger partial charge in [-0.3, -0.25) is 5.10 Å². The van der Waals surface area contributed by atoms with Crippen molar-refractivity contribution in [1.29, 1.82) is 0 Å². The van der Waals surface area contributed by atoms with E-state index in [1.54, 1.807) is 18.3 Å². The number of alkyl halides is 3. The standard InChI is InChI=1S/C19H21F3N6/c1-18(2,23)11-7-9-28(10-11)14-6-5-13(19(20,21)22)16(25-14)15-12-4-3-8-24-17(12)27-26-15/h3-6,8,11H,7,9-10,23H2,1-2H3,(H,24,26,27). The van der Waals surface area contributed by atoms with Crippen molar-refractivity contribution < 1.29 is 13.2 Å². The third-order valence-corrected chi connectivity index (χ3v) is 5.31. The van der Waals surface area contributed by atoms with Gasteiger partial charge in [0.1, 0.15) is 17.2 Å². The SMILES string of the molecule is CC(C)(N)C1CCN(c2ccc(C(F)(F)F)c(-c3n[nH]c4ncccc34)n2)C1. The summed E-state index contributed by atoms with van der Waals surface area (Å²) >= 11 is 0. The van der Waals surface area contributed by atoms with Crippen LogP contribution in [0.4, 0.5) is 19.0 Å². The minimum absolute atomic E-state index is 0.146. The van der Waals surface area contributed by atoms with Gasteiger partial charge in [-0.05, 0) is 50.5 Å². The molecule has 1 fully saturated rings.